The number of hydrogen-bond donors (Lipinski definition) is 4. The smallest absolute Gasteiger partial charge is 0.270 e. The molecule has 36 heavy (non-hydrogen) atoms. The molecule has 0 atom stereocenters. The number of carbonyl (C=O) groups excluding carboxylic acids is 2. The minimum Gasteiger partial charge on any atom is -0.350 e. The summed E-state index contributed by atoms with van der Waals surface area (Å²) in [6, 6.07) is 22.6. The number of carbonyl (C=O) groups is 2. The van der Waals surface area contributed by atoms with Gasteiger partial charge in [-0.1, -0.05) is 60.1 Å². The fourth-order valence-corrected chi connectivity index (χ4v) is 4.39. The number of benzene rings is 3. The molecule has 0 aliphatic rings. The lowest BCUT2D eigenvalue weighted by Crippen LogP contribution is -2.26. The van der Waals surface area contributed by atoms with E-state index in [-0.39, 0.29) is 17.4 Å². The molecule has 0 fully saturated rings. The van der Waals surface area contributed by atoms with Crippen LogP contribution in [0, 0.1) is 0 Å². The molecule has 4 N–H and O–H groups in total. The van der Waals surface area contributed by atoms with E-state index in [1.54, 1.807) is 24.3 Å². The standard InChI is InChI=1S/C26H20BrClN6O2/c27-21-22(33-34-24(21)32-25(35)17-5-1-2-6-18(17)28)26(36)29-14-13-15-9-11-16(12-10-15)23-30-19-7-3-4-8-20(19)31-23/h1-12H,13-14H2,(H,29,36)(H,30,31)(H2,32,33,34,35). The van der Waals surface area contributed by atoms with Crippen molar-refractivity contribution >= 4 is 56.2 Å². The van der Waals surface area contributed by atoms with Crippen LogP contribution in [0.3, 0.4) is 0 Å². The molecule has 2 aromatic heterocycles. The van der Waals surface area contributed by atoms with Gasteiger partial charge in [0.15, 0.2) is 5.82 Å². The number of hydrogen-bond acceptors (Lipinski definition) is 4. The molecule has 0 saturated heterocycles. The summed E-state index contributed by atoms with van der Waals surface area (Å²) in [4.78, 5) is 33.1. The summed E-state index contributed by atoms with van der Waals surface area (Å²) in [6.45, 7) is 0.426. The third kappa shape index (κ3) is 5.02. The third-order valence-corrected chi connectivity index (χ3v) is 6.70. The predicted molar refractivity (Wildman–Crippen MR) is 143 cm³/mol. The molecule has 8 nitrogen and oxygen atoms in total. The van der Waals surface area contributed by atoms with Crippen LogP contribution in [0.4, 0.5) is 5.82 Å². The van der Waals surface area contributed by atoms with Crippen molar-refractivity contribution in [2.45, 2.75) is 6.42 Å². The molecule has 0 saturated carbocycles. The molecule has 5 aromatic rings. The number of imidazole rings is 1. The van der Waals surface area contributed by atoms with Crippen molar-refractivity contribution in [1.82, 2.24) is 25.5 Å². The quantitative estimate of drug-likeness (QED) is 0.206. The molecular formula is C26H20BrClN6O2. The maximum atomic E-state index is 12.6. The zero-order valence-electron chi connectivity index (χ0n) is 18.8. The lowest BCUT2D eigenvalue weighted by Gasteiger charge is -2.06. The molecule has 0 unspecified atom stereocenters. The largest absolute Gasteiger partial charge is 0.350 e. The first kappa shape index (κ1) is 23.8. The Hall–Kier alpha value is -3.95. The second-order valence-corrected chi connectivity index (χ2v) is 9.20. The fraction of sp³-hybridized carbons (Fsp3) is 0.0769. The Morgan fingerprint density at radius 3 is 2.47 bits per heavy atom. The van der Waals surface area contributed by atoms with Crippen molar-refractivity contribution in [3.8, 4) is 11.4 Å². The van der Waals surface area contributed by atoms with Crippen molar-refractivity contribution in [1.29, 1.82) is 0 Å². The third-order valence-electron chi connectivity index (χ3n) is 5.60. The summed E-state index contributed by atoms with van der Waals surface area (Å²) in [5.41, 5.74) is 4.51. The highest BCUT2D eigenvalue weighted by molar-refractivity contribution is 9.10. The predicted octanol–water partition coefficient (Wildman–Crippen LogP) is 5.59. The van der Waals surface area contributed by atoms with Crippen LogP contribution in [-0.2, 0) is 6.42 Å². The average Bonchev–Trinajstić information content (AvgIpc) is 3.48. The lowest BCUT2D eigenvalue weighted by molar-refractivity contribution is 0.0947. The van der Waals surface area contributed by atoms with E-state index in [2.05, 4.69) is 46.7 Å². The lowest BCUT2D eigenvalue weighted by atomic mass is 10.1. The molecular weight excluding hydrogens is 544 g/mol. The first-order valence-corrected chi connectivity index (χ1v) is 12.3. The van der Waals surface area contributed by atoms with Crippen LogP contribution >= 0.6 is 27.5 Å². The Bertz CT molecular complexity index is 1530. The van der Waals surface area contributed by atoms with Gasteiger partial charge in [-0.2, -0.15) is 5.10 Å². The van der Waals surface area contributed by atoms with Gasteiger partial charge < -0.3 is 15.6 Å². The van der Waals surface area contributed by atoms with E-state index in [4.69, 9.17) is 11.6 Å². The highest BCUT2D eigenvalue weighted by atomic mass is 79.9. The normalized spacial score (nSPS) is 10.9. The van der Waals surface area contributed by atoms with Gasteiger partial charge in [-0.15, -0.1) is 0 Å². The van der Waals surface area contributed by atoms with E-state index in [1.165, 1.54) is 0 Å². The highest BCUT2D eigenvalue weighted by Crippen LogP contribution is 2.25. The SMILES string of the molecule is O=C(Nc1n[nH]c(C(=O)NCCc2ccc(-c3nc4ccccc4[nH]3)cc2)c1Br)c1ccccc1Cl. The van der Waals surface area contributed by atoms with Gasteiger partial charge in [0.2, 0.25) is 0 Å². The molecule has 10 heteroatoms. The molecule has 0 aliphatic heterocycles. The zero-order chi connectivity index (χ0) is 25.1. The van der Waals surface area contributed by atoms with E-state index in [0.717, 1.165) is 28.0 Å². The van der Waals surface area contributed by atoms with Crippen LogP contribution in [0.15, 0.2) is 77.3 Å². The monoisotopic (exact) mass is 562 g/mol. The fourth-order valence-electron chi connectivity index (χ4n) is 3.71. The molecule has 0 radical (unpaired) electrons. The number of fused-ring (bicyclic) bond motifs is 1. The van der Waals surface area contributed by atoms with Crippen LogP contribution in [-0.4, -0.2) is 38.5 Å². The Morgan fingerprint density at radius 1 is 0.944 bits per heavy atom. The number of aromatic amines is 2. The molecule has 0 bridgehead atoms. The van der Waals surface area contributed by atoms with E-state index in [0.29, 0.717) is 28.0 Å². The van der Waals surface area contributed by atoms with Crippen molar-refractivity contribution in [3.05, 3.63) is 99.1 Å². The number of rotatable bonds is 7. The Morgan fingerprint density at radius 2 is 1.69 bits per heavy atom. The Balaban J connectivity index is 1.17. The Labute approximate surface area is 219 Å². The number of nitrogens with one attached hydrogen (secondary N) is 4. The average molecular weight is 564 g/mol. The molecule has 3 aromatic carbocycles. The summed E-state index contributed by atoms with van der Waals surface area (Å²) in [6.07, 6.45) is 0.647. The topological polar surface area (TPSA) is 116 Å². The van der Waals surface area contributed by atoms with Crippen LogP contribution in [0.2, 0.25) is 5.02 Å². The number of para-hydroxylation sites is 2. The highest BCUT2D eigenvalue weighted by Gasteiger charge is 2.20. The van der Waals surface area contributed by atoms with Crippen LogP contribution < -0.4 is 10.6 Å². The van der Waals surface area contributed by atoms with Gasteiger partial charge in [-0.25, -0.2) is 4.98 Å². The first-order chi connectivity index (χ1) is 17.5. The number of anilines is 1. The van der Waals surface area contributed by atoms with E-state index in [9.17, 15) is 9.59 Å². The first-order valence-electron chi connectivity index (χ1n) is 11.1. The number of H-pyrrole nitrogens is 2. The summed E-state index contributed by atoms with van der Waals surface area (Å²) in [5.74, 6) is 0.251. The van der Waals surface area contributed by atoms with Gasteiger partial charge >= 0.3 is 0 Å². The number of halogens is 2. The molecule has 2 heterocycles. The van der Waals surface area contributed by atoms with Crippen molar-refractivity contribution in [2.24, 2.45) is 0 Å². The summed E-state index contributed by atoms with van der Waals surface area (Å²) < 4.78 is 0.357. The second-order valence-electron chi connectivity index (χ2n) is 8.00. The van der Waals surface area contributed by atoms with Gasteiger partial charge in [-0.05, 0) is 52.2 Å². The summed E-state index contributed by atoms with van der Waals surface area (Å²) in [5, 5.41) is 12.5. The van der Waals surface area contributed by atoms with Gasteiger partial charge in [0.1, 0.15) is 11.5 Å². The van der Waals surface area contributed by atoms with Gasteiger partial charge in [-0.3, -0.25) is 14.7 Å². The molecule has 0 aliphatic carbocycles. The van der Waals surface area contributed by atoms with Crippen molar-refractivity contribution in [2.75, 3.05) is 11.9 Å². The van der Waals surface area contributed by atoms with Crippen LogP contribution in [0.5, 0.6) is 0 Å². The maximum absolute atomic E-state index is 12.6. The molecule has 0 spiro atoms. The summed E-state index contributed by atoms with van der Waals surface area (Å²) in [7, 11) is 0. The molecule has 5 rings (SSSR count). The minimum atomic E-state index is -0.425. The van der Waals surface area contributed by atoms with Gasteiger partial charge in [0.05, 0.1) is 26.1 Å². The molecule has 2 amide bonds. The number of nitrogens with zero attached hydrogens (tertiary/aromatic N) is 2. The van der Waals surface area contributed by atoms with E-state index >= 15 is 0 Å². The maximum Gasteiger partial charge on any atom is 0.270 e. The van der Waals surface area contributed by atoms with Gasteiger partial charge in [0.25, 0.3) is 11.8 Å². The number of amides is 2. The summed E-state index contributed by atoms with van der Waals surface area (Å²) >= 11 is 9.42. The number of aromatic nitrogens is 4. The van der Waals surface area contributed by atoms with Crippen molar-refractivity contribution in [3.63, 3.8) is 0 Å². The van der Waals surface area contributed by atoms with Crippen LogP contribution in [0.1, 0.15) is 26.4 Å². The zero-order valence-corrected chi connectivity index (χ0v) is 21.2. The molecule has 180 valence electrons. The van der Waals surface area contributed by atoms with E-state index < -0.39 is 5.91 Å². The minimum absolute atomic E-state index is 0.200. The van der Waals surface area contributed by atoms with Gasteiger partial charge in [0, 0.05) is 12.1 Å². The second kappa shape index (κ2) is 10.3. The van der Waals surface area contributed by atoms with Crippen molar-refractivity contribution < 1.29 is 9.59 Å². The van der Waals surface area contributed by atoms with Crippen LogP contribution in [0.25, 0.3) is 22.4 Å². The Kier molecular flexibility index (Phi) is 6.84. The van der Waals surface area contributed by atoms with E-state index in [1.807, 2.05) is 48.5 Å².